The molecule has 2 N–H and O–H groups in total. The summed E-state index contributed by atoms with van der Waals surface area (Å²) < 4.78 is 31.9. The summed E-state index contributed by atoms with van der Waals surface area (Å²) in [6.07, 6.45) is 0.996. The normalized spacial score (nSPS) is 11.3. The monoisotopic (exact) mass is 440 g/mol. The summed E-state index contributed by atoms with van der Waals surface area (Å²) in [7, 11) is -3.41. The van der Waals surface area contributed by atoms with Gasteiger partial charge in [-0.25, -0.2) is 8.42 Å². The Labute approximate surface area is 162 Å². The molecule has 26 heavy (non-hydrogen) atoms. The highest BCUT2D eigenvalue weighted by Gasteiger charge is 2.15. The van der Waals surface area contributed by atoms with Gasteiger partial charge in [-0.3, -0.25) is 9.52 Å². The predicted octanol–water partition coefficient (Wildman–Crippen LogP) is 4.17. The van der Waals surface area contributed by atoms with Crippen LogP contribution in [-0.4, -0.2) is 26.7 Å². The number of hydrogen-bond donors (Lipinski definition) is 2. The zero-order valence-electron chi connectivity index (χ0n) is 15.0. The molecule has 0 aromatic heterocycles. The first-order valence-electron chi connectivity index (χ1n) is 7.91. The lowest BCUT2D eigenvalue weighted by Gasteiger charge is -2.15. The number of hydrogen-bond acceptors (Lipinski definition) is 4. The maximum absolute atomic E-state index is 12.7. The molecule has 0 aliphatic carbocycles. The molecule has 1 amide bonds. The Balaban J connectivity index is 2.29. The fourth-order valence-corrected chi connectivity index (χ4v) is 3.20. The lowest BCUT2D eigenvalue weighted by atomic mass is 10.1. The first-order chi connectivity index (χ1) is 12.0. The summed E-state index contributed by atoms with van der Waals surface area (Å²) in [5, 5.41) is 2.78. The molecule has 0 saturated heterocycles. The summed E-state index contributed by atoms with van der Waals surface area (Å²) >= 11 is 3.37. The van der Waals surface area contributed by atoms with Gasteiger partial charge in [0, 0.05) is 10.2 Å². The topological polar surface area (TPSA) is 84.5 Å². The van der Waals surface area contributed by atoms with Crippen LogP contribution in [0.3, 0.4) is 0 Å². The molecule has 8 heteroatoms. The molecule has 0 unspecified atom stereocenters. The number of ether oxygens (including phenoxy) is 1. The van der Waals surface area contributed by atoms with Crippen molar-refractivity contribution in [1.29, 1.82) is 0 Å². The molecule has 0 bridgehead atoms. The molecule has 0 atom stereocenters. The smallest absolute Gasteiger partial charge is 0.259 e. The minimum absolute atomic E-state index is 0.0826. The van der Waals surface area contributed by atoms with Crippen LogP contribution in [0.15, 0.2) is 40.9 Å². The van der Waals surface area contributed by atoms with Crippen molar-refractivity contribution in [2.45, 2.75) is 26.9 Å². The van der Waals surface area contributed by atoms with Crippen molar-refractivity contribution < 1.29 is 17.9 Å². The van der Waals surface area contributed by atoms with Crippen LogP contribution in [0, 0.1) is 6.92 Å². The third kappa shape index (κ3) is 5.74. The number of carbonyl (C=O) groups excluding carboxylic acids is 1. The maximum atomic E-state index is 12.7. The van der Waals surface area contributed by atoms with E-state index in [0.717, 1.165) is 16.3 Å². The second kappa shape index (κ2) is 8.09. The fourth-order valence-electron chi connectivity index (χ4n) is 2.24. The van der Waals surface area contributed by atoms with E-state index in [4.69, 9.17) is 4.74 Å². The van der Waals surface area contributed by atoms with Crippen molar-refractivity contribution in [3.63, 3.8) is 0 Å². The van der Waals surface area contributed by atoms with Gasteiger partial charge in [-0.2, -0.15) is 0 Å². The number of benzene rings is 2. The first kappa shape index (κ1) is 20.3. The van der Waals surface area contributed by atoms with Crippen LogP contribution in [0.4, 0.5) is 11.4 Å². The molecule has 140 valence electrons. The van der Waals surface area contributed by atoms with E-state index in [0.29, 0.717) is 22.7 Å². The number of sulfonamides is 1. The third-order valence-electron chi connectivity index (χ3n) is 3.34. The molecule has 0 heterocycles. The Bertz CT molecular complexity index is 927. The Morgan fingerprint density at radius 2 is 1.85 bits per heavy atom. The highest BCUT2D eigenvalue weighted by Crippen LogP contribution is 2.27. The number of halogens is 1. The molecule has 2 aromatic rings. The summed E-state index contributed by atoms with van der Waals surface area (Å²) in [6.45, 7) is 5.54. The van der Waals surface area contributed by atoms with Gasteiger partial charge in [0.15, 0.2) is 0 Å². The van der Waals surface area contributed by atoms with Gasteiger partial charge in [-0.1, -0.05) is 22.0 Å². The van der Waals surface area contributed by atoms with Crippen molar-refractivity contribution >= 4 is 43.2 Å². The van der Waals surface area contributed by atoms with Gasteiger partial charge in [0.2, 0.25) is 10.0 Å². The van der Waals surface area contributed by atoms with Crippen LogP contribution in [0.1, 0.15) is 29.8 Å². The lowest BCUT2D eigenvalue weighted by Crippen LogP contribution is -2.16. The molecule has 0 aliphatic heterocycles. The van der Waals surface area contributed by atoms with Crippen molar-refractivity contribution in [1.82, 2.24) is 0 Å². The molecule has 0 aliphatic rings. The summed E-state index contributed by atoms with van der Waals surface area (Å²) in [5.41, 5.74) is 2.03. The number of carbonyl (C=O) groups is 1. The van der Waals surface area contributed by atoms with Crippen molar-refractivity contribution in [3.8, 4) is 5.75 Å². The molecular weight excluding hydrogens is 420 g/mol. The number of rotatable bonds is 6. The quantitative estimate of drug-likeness (QED) is 0.705. The molecule has 0 spiro atoms. The zero-order valence-corrected chi connectivity index (χ0v) is 17.4. The van der Waals surface area contributed by atoms with Gasteiger partial charge in [0.05, 0.1) is 23.6 Å². The lowest BCUT2D eigenvalue weighted by molar-refractivity contribution is 0.102. The summed E-state index contributed by atoms with van der Waals surface area (Å²) in [4.78, 5) is 12.7. The predicted molar refractivity (Wildman–Crippen MR) is 108 cm³/mol. The third-order valence-corrected chi connectivity index (χ3v) is 4.43. The van der Waals surface area contributed by atoms with Crippen LogP contribution in [0.25, 0.3) is 0 Å². The standard InChI is InChI=1S/C18H21BrN2O4S/c1-11(2)25-17-9-13(19)6-8-15(17)18(22)20-14-7-5-12(3)16(10-14)21-26(4,23)24/h5-11,21H,1-4H3,(H,20,22). The summed E-state index contributed by atoms with van der Waals surface area (Å²) in [5.74, 6) is 0.121. The summed E-state index contributed by atoms with van der Waals surface area (Å²) in [6, 6.07) is 10.2. The number of nitrogens with one attached hydrogen (secondary N) is 2. The Morgan fingerprint density at radius 1 is 1.15 bits per heavy atom. The zero-order chi connectivity index (χ0) is 19.5. The van der Waals surface area contributed by atoms with Crippen LogP contribution >= 0.6 is 15.9 Å². The molecule has 6 nitrogen and oxygen atoms in total. The number of aryl methyl sites for hydroxylation is 1. The first-order valence-corrected chi connectivity index (χ1v) is 10.6. The molecule has 2 rings (SSSR count). The molecule has 0 radical (unpaired) electrons. The van der Waals surface area contributed by atoms with Gasteiger partial charge in [-0.05, 0) is 56.7 Å². The fraction of sp³-hybridized carbons (Fsp3) is 0.278. The molecular formula is C18H21BrN2O4S. The van der Waals surface area contributed by atoms with Gasteiger partial charge in [0.1, 0.15) is 5.75 Å². The second-order valence-corrected chi connectivity index (χ2v) is 8.83. The van der Waals surface area contributed by atoms with E-state index in [2.05, 4.69) is 26.0 Å². The van der Waals surface area contributed by atoms with E-state index in [9.17, 15) is 13.2 Å². The van der Waals surface area contributed by atoms with Crippen molar-refractivity contribution in [2.75, 3.05) is 16.3 Å². The van der Waals surface area contributed by atoms with E-state index in [1.807, 2.05) is 13.8 Å². The largest absolute Gasteiger partial charge is 0.490 e. The van der Waals surface area contributed by atoms with Crippen LogP contribution in [-0.2, 0) is 10.0 Å². The second-order valence-electron chi connectivity index (χ2n) is 6.17. The van der Waals surface area contributed by atoms with E-state index >= 15 is 0 Å². The van der Waals surface area contributed by atoms with Crippen molar-refractivity contribution in [3.05, 3.63) is 52.0 Å². The van der Waals surface area contributed by atoms with E-state index in [1.165, 1.54) is 0 Å². The average molecular weight is 441 g/mol. The van der Waals surface area contributed by atoms with Gasteiger partial charge in [0.25, 0.3) is 5.91 Å². The molecule has 0 fully saturated rings. The molecule has 2 aromatic carbocycles. The minimum Gasteiger partial charge on any atom is -0.490 e. The number of anilines is 2. The highest BCUT2D eigenvalue weighted by molar-refractivity contribution is 9.10. The van der Waals surface area contributed by atoms with Crippen molar-refractivity contribution in [2.24, 2.45) is 0 Å². The average Bonchev–Trinajstić information content (AvgIpc) is 2.48. The van der Waals surface area contributed by atoms with Gasteiger partial charge >= 0.3 is 0 Å². The van der Waals surface area contributed by atoms with Gasteiger partial charge in [-0.15, -0.1) is 0 Å². The minimum atomic E-state index is -3.41. The molecule has 0 saturated carbocycles. The van der Waals surface area contributed by atoms with E-state index < -0.39 is 10.0 Å². The van der Waals surface area contributed by atoms with Crippen LogP contribution < -0.4 is 14.8 Å². The SMILES string of the molecule is Cc1ccc(NC(=O)c2ccc(Br)cc2OC(C)C)cc1NS(C)(=O)=O. The van der Waals surface area contributed by atoms with Crippen LogP contribution in [0.2, 0.25) is 0 Å². The van der Waals surface area contributed by atoms with E-state index in [1.54, 1.807) is 43.3 Å². The Hall–Kier alpha value is -2.06. The van der Waals surface area contributed by atoms with Gasteiger partial charge < -0.3 is 10.1 Å². The van der Waals surface area contributed by atoms with Crippen LogP contribution in [0.5, 0.6) is 5.75 Å². The van der Waals surface area contributed by atoms with E-state index in [-0.39, 0.29) is 12.0 Å². The Kier molecular flexibility index (Phi) is 6.30. The number of amides is 1. The highest BCUT2D eigenvalue weighted by atomic mass is 79.9. The maximum Gasteiger partial charge on any atom is 0.259 e. The Morgan fingerprint density at radius 3 is 2.46 bits per heavy atom.